The van der Waals surface area contributed by atoms with Gasteiger partial charge in [-0.15, -0.1) is 0 Å². The fourth-order valence-electron chi connectivity index (χ4n) is 3.70. The van der Waals surface area contributed by atoms with Gasteiger partial charge in [0.1, 0.15) is 0 Å². The van der Waals surface area contributed by atoms with E-state index < -0.39 is 8.32 Å². The fraction of sp³-hybridized carbons (Fsp3) is 0.0435. The van der Waals surface area contributed by atoms with E-state index in [4.69, 9.17) is 4.43 Å². The molecule has 0 saturated heterocycles. The minimum atomic E-state index is -2.56. The Morgan fingerprint density at radius 1 is 0.560 bits per heavy atom. The van der Waals surface area contributed by atoms with Gasteiger partial charge in [-0.3, -0.25) is 0 Å². The summed E-state index contributed by atoms with van der Waals surface area (Å²) in [7, 11) is -0.707. The van der Waals surface area contributed by atoms with Crippen molar-refractivity contribution in [2.75, 3.05) is 7.11 Å². The van der Waals surface area contributed by atoms with Gasteiger partial charge in [-0.25, -0.2) is 0 Å². The quantitative estimate of drug-likeness (QED) is 0.408. The van der Waals surface area contributed by atoms with E-state index in [0.29, 0.717) is 0 Å². The average Bonchev–Trinajstić information content (AvgIpc) is 2.71. The summed E-state index contributed by atoms with van der Waals surface area (Å²) in [6.45, 7) is 0. The Bertz CT molecular complexity index is 936. The molecule has 0 bridgehead atoms. The second kappa shape index (κ2) is 6.67. The molecule has 0 aromatic heterocycles. The van der Waals surface area contributed by atoms with Crippen molar-refractivity contribution < 1.29 is 4.43 Å². The van der Waals surface area contributed by atoms with Crippen molar-refractivity contribution in [3.05, 3.63) is 103 Å². The van der Waals surface area contributed by atoms with Crippen molar-refractivity contribution in [1.82, 2.24) is 0 Å². The van der Waals surface area contributed by atoms with Gasteiger partial charge in [0.15, 0.2) is 0 Å². The van der Waals surface area contributed by atoms with Crippen LogP contribution in [0.25, 0.3) is 10.8 Å². The number of rotatable bonds is 4. The summed E-state index contributed by atoms with van der Waals surface area (Å²) in [4.78, 5) is 0. The Labute approximate surface area is 149 Å². The molecule has 0 amide bonds. The van der Waals surface area contributed by atoms with Crippen molar-refractivity contribution in [2.45, 2.75) is 0 Å². The highest BCUT2D eigenvalue weighted by molar-refractivity contribution is 7.08. The van der Waals surface area contributed by atoms with E-state index in [1.54, 1.807) is 0 Å². The van der Waals surface area contributed by atoms with Crippen molar-refractivity contribution in [1.29, 1.82) is 0 Å². The van der Waals surface area contributed by atoms with Gasteiger partial charge in [0.2, 0.25) is 0 Å². The maximum absolute atomic E-state index is 6.44. The van der Waals surface area contributed by atoms with E-state index in [9.17, 15) is 0 Å². The molecule has 4 aromatic carbocycles. The molecule has 25 heavy (non-hydrogen) atoms. The molecule has 0 heterocycles. The largest absolute Gasteiger partial charge is 0.408 e. The van der Waals surface area contributed by atoms with Crippen LogP contribution in [-0.2, 0) is 4.43 Å². The minimum Gasteiger partial charge on any atom is -0.408 e. The number of fused-ring (bicyclic) bond motifs is 1. The third-order valence-electron chi connectivity index (χ3n) is 4.84. The second-order valence-electron chi connectivity index (χ2n) is 6.14. The summed E-state index contributed by atoms with van der Waals surface area (Å²) in [5.41, 5.74) is 0. The molecule has 0 aliphatic rings. The van der Waals surface area contributed by atoms with Crippen LogP contribution in [0.3, 0.4) is 0 Å². The first-order valence-corrected chi connectivity index (χ1v) is 10.4. The summed E-state index contributed by atoms with van der Waals surface area (Å²) < 4.78 is 6.44. The molecular weight excluding hydrogens is 320 g/mol. The average molecular weight is 340 g/mol. The van der Waals surface area contributed by atoms with Gasteiger partial charge in [-0.2, -0.15) is 0 Å². The molecule has 122 valence electrons. The van der Waals surface area contributed by atoms with Crippen molar-refractivity contribution in [3.63, 3.8) is 0 Å². The van der Waals surface area contributed by atoms with Crippen LogP contribution in [0, 0.1) is 0 Å². The predicted molar refractivity (Wildman–Crippen MR) is 108 cm³/mol. The first kappa shape index (κ1) is 15.8. The van der Waals surface area contributed by atoms with Crippen molar-refractivity contribution >= 4 is 34.7 Å². The lowest BCUT2D eigenvalue weighted by Gasteiger charge is -2.32. The molecule has 0 spiro atoms. The van der Waals surface area contributed by atoms with Crippen LogP contribution in [0.5, 0.6) is 0 Å². The Balaban J connectivity index is 2.11. The van der Waals surface area contributed by atoms with Crippen LogP contribution >= 0.6 is 0 Å². The van der Waals surface area contributed by atoms with Crippen LogP contribution in [0.4, 0.5) is 0 Å². The van der Waals surface area contributed by atoms with Gasteiger partial charge in [0.05, 0.1) is 0 Å². The number of hydrogen-bond acceptors (Lipinski definition) is 1. The third-order valence-corrected chi connectivity index (χ3v) is 8.94. The molecule has 4 aromatic rings. The van der Waals surface area contributed by atoms with Crippen molar-refractivity contribution in [2.24, 2.45) is 0 Å². The molecule has 0 saturated carbocycles. The molecular formula is C23H20OSi. The van der Waals surface area contributed by atoms with E-state index in [1.165, 1.54) is 26.3 Å². The molecule has 4 rings (SSSR count). The molecule has 0 aliphatic heterocycles. The number of benzene rings is 4. The third kappa shape index (κ3) is 2.60. The van der Waals surface area contributed by atoms with Crippen molar-refractivity contribution in [3.8, 4) is 0 Å². The topological polar surface area (TPSA) is 9.23 Å². The minimum absolute atomic E-state index is 1.25. The highest BCUT2D eigenvalue weighted by Crippen LogP contribution is 2.17. The number of hydrogen-bond donors (Lipinski definition) is 0. The van der Waals surface area contributed by atoms with Gasteiger partial charge in [-0.1, -0.05) is 103 Å². The van der Waals surface area contributed by atoms with E-state index in [-0.39, 0.29) is 0 Å². The van der Waals surface area contributed by atoms with E-state index in [2.05, 4.69) is 103 Å². The van der Waals surface area contributed by atoms with E-state index in [0.717, 1.165) is 0 Å². The van der Waals surface area contributed by atoms with E-state index in [1.807, 2.05) is 7.11 Å². The van der Waals surface area contributed by atoms with Gasteiger partial charge in [0.25, 0.3) is 8.32 Å². The highest BCUT2D eigenvalue weighted by Gasteiger charge is 2.41. The Hall–Kier alpha value is -2.68. The van der Waals surface area contributed by atoms with Crippen LogP contribution in [-0.4, -0.2) is 15.4 Å². The van der Waals surface area contributed by atoms with Crippen LogP contribution in [0.1, 0.15) is 0 Å². The first-order chi connectivity index (χ1) is 12.4. The van der Waals surface area contributed by atoms with Gasteiger partial charge in [-0.05, 0) is 26.3 Å². The van der Waals surface area contributed by atoms with Crippen LogP contribution in [0.15, 0.2) is 103 Å². The van der Waals surface area contributed by atoms with Gasteiger partial charge in [0, 0.05) is 7.11 Å². The summed E-state index contributed by atoms with van der Waals surface area (Å²) in [5, 5.41) is 6.35. The SMILES string of the molecule is CO[Si](c1ccccc1)(c1ccccc1)c1cccc2ccccc12. The smallest absolute Gasteiger partial charge is 0.288 e. The van der Waals surface area contributed by atoms with Gasteiger partial charge >= 0.3 is 0 Å². The zero-order chi connectivity index (χ0) is 17.1. The second-order valence-corrected chi connectivity index (χ2v) is 9.61. The molecule has 0 unspecified atom stereocenters. The molecule has 0 aliphatic carbocycles. The molecule has 0 fully saturated rings. The first-order valence-electron chi connectivity index (χ1n) is 8.51. The summed E-state index contributed by atoms with van der Waals surface area (Å²) in [6.07, 6.45) is 0. The van der Waals surface area contributed by atoms with Crippen LogP contribution < -0.4 is 15.6 Å². The lowest BCUT2D eigenvalue weighted by atomic mass is 10.1. The zero-order valence-electron chi connectivity index (χ0n) is 14.2. The Morgan fingerprint density at radius 3 is 1.68 bits per heavy atom. The van der Waals surface area contributed by atoms with Gasteiger partial charge < -0.3 is 4.43 Å². The molecule has 0 atom stereocenters. The molecule has 0 N–H and O–H groups in total. The maximum atomic E-state index is 6.44. The highest BCUT2D eigenvalue weighted by atomic mass is 28.4. The predicted octanol–water partition coefficient (Wildman–Crippen LogP) is 3.45. The fourth-order valence-corrected chi connectivity index (χ4v) is 7.61. The maximum Gasteiger partial charge on any atom is 0.288 e. The molecule has 2 heteroatoms. The zero-order valence-corrected chi connectivity index (χ0v) is 15.2. The van der Waals surface area contributed by atoms with E-state index >= 15 is 0 Å². The monoisotopic (exact) mass is 340 g/mol. The Kier molecular flexibility index (Phi) is 4.22. The normalized spacial score (nSPS) is 11.6. The summed E-state index contributed by atoms with van der Waals surface area (Å²) in [5.74, 6) is 0. The summed E-state index contributed by atoms with van der Waals surface area (Å²) >= 11 is 0. The standard InChI is InChI=1S/C23H20OSi/c1-24-25(20-13-4-2-5-14-20,21-15-6-3-7-16-21)23-18-10-12-19-11-8-9-17-22(19)23/h2-18H,1H3. The lowest BCUT2D eigenvalue weighted by molar-refractivity contribution is 0.427. The van der Waals surface area contributed by atoms with Crippen LogP contribution in [0.2, 0.25) is 0 Å². The lowest BCUT2D eigenvalue weighted by Crippen LogP contribution is -2.69. The Morgan fingerprint density at radius 2 is 1.08 bits per heavy atom. The molecule has 1 nitrogen and oxygen atoms in total. The summed E-state index contributed by atoms with van der Waals surface area (Å²) in [6, 6.07) is 36.4. The molecule has 0 radical (unpaired) electrons.